The smallest absolute Gasteiger partial charge is 0.157 e. The molecule has 2 nitrogen and oxygen atoms in total. The minimum Gasteiger partial charge on any atom is -0.462 e. The van der Waals surface area contributed by atoms with E-state index < -0.39 is 0 Å². The van der Waals surface area contributed by atoms with Gasteiger partial charge in [0.05, 0.1) is 12.0 Å². The van der Waals surface area contributed by atoms with E-state index in [0.717, 1.165) is 24.5 Å². The lowest BCUT2D eigenvalue weighted by atomic mass is 10.2. The number of hydrogen-bond acceptors (Lipinski definition) is 2. The molecule has 0 aliphatic heterocycles. The second kappa shape index (κ2) is 2.65. The first-order chi connectivity index (χ1) is 5.83. The van der Waals surface area contributed by atoms with Gasteiger partial charge >= 0.3 is 0 Å². The van der Waals surface area contributed by atoms with Gasteiger partial charge in [-0.2, -0.15) is 0 Å². The van der Waals surface area contributed by atoms with Crippen molar-refractivity contribution in [3.63, 3.8) is 0 Å². The van der Waals surface area contributed by atoms with Crippen LogP contribution in [-0.4, -0.2) is 6.30 Å². The van der Waals surface area contributed by atoms with Crippen molar-refractivity contribution in [1.82, 2.24) is 0 Å². The molecular formula is C9H8NOP. The predicted octanol–water partition coefficient (Wildman–Crippen LogP) is 2.02. The summed E-state index contributed by atoms with van der Waals surface area (Å²) in [5, 5.41) is 2.21. The van der Waals surface area contributed by atoms with Crippen LogP contribution in [0, 0.1) is 0 Å². The maximum Gasteiger partial charge on any atom is 0.157 e. The van der Waals surface area contributed by atoms with Crippen LogP contribution in [0.3, 0.4) is 0 Å². The molecule has 1 heterocycles. The van der Waals surface area contributed by atoms with Gasteiger partial charge in [0.25, 0.3) is 0 Å². The number of nitrogen functional groups attached to an aromatic ring is 1. The Bertz CT molecular complexity index is 433. The molecule has 0 unspecified atom stereocenters. The molecule has 2 rings (SSSR count). The summed E-state index contributed by atoms with van der Waals surface area (Å²) in [5.41, 5.74) is 7.16. The van der Waals surface area contributed by atoms with Crippen LogP contribution in [0.15, 0.2) is 28.9 Å². The van der Waals surface area contributed by atoms with Crippen molar-refractivity contribution in [3.05, 3.63) is 24.5 Å². The Labute approximate surface area is 71.8 Å². The molecule has 0 spiro atoms. The maximum atomic E-state index is 5.71. The summed E-state index contributed by atoms with van der Waals surface area (Å²) in [4.78, 5) is 0. The fourth-order valence-corrected chi connectivity index (χ4v) is 1.73. The summed E-state index contributed by atoms with van der Waals surface area (Å²) in [6.07, 6.45) is 5.45. The van der Waals surface area contributed by atoms with Crippen LogP contribution in [0.25, 0.3) is 11.0 Å². The largest absolute Gasteiger partial charge is 0.462 e. The molecule has 2 aromatic rings. The Kier molecular flexibility index (Phi) is 1.63. The van der Waals surface area contributed by atoms with Crippen LogP contribution in [0.1, 0.15) is 0 Å². The number of nitrogens with two attached hydrogens (primary N) is 1. The van der Waals surface area contributed by atoms with E-state index in [0.29, 0.717) is 5.69 Å². The van der Waals surface area contributed by atoms with Gasteiger partial charge in [-0.25, -0.2) is 0 Å². The Hall–Kier alpha value is -1.27. The molecule has 0 aliphatic rings. The highest BCUT2D eigenvalue weighted by molar-refractivity contribution is 7.46. The van der Waals surface area contributed by atoms with E-state index in [4.69, 9.17) is 10.2 Å². The van der Waals surface area contributed by atoms with Crippen LogP contribution in [0.5, 0.6) is 0 Å². The van der Waals surface area contributed by atoms with Crippen LogP contribution in [0.4, 0.5) is 5.69 Å². The van der Waals surface area contributed by atoms with E-state index in [1.165, 1.54) is 0 Å². The third-order valence-electron chi connectivity index (χ3n) is 1.79. The fourth-order valence-electron chi connectivity index (χ4n) is 1.21. The molecule has 0 fully saturated rings. The summed E-state index contributed by atoms with van der Waals surface area (Å²) in [6, 6.07) is 5.74. The molecule has 0 amide bonds. The zero-order valence-electron chi connectivity index (χ0n) is 6.45. The average Bonchev–Trinajstić information content (AvgIpc) is 2.54. The first-order valence-electron chi connectivity index (χ1n) is 3.55. The average molecular weight is 177 g/mol. The summed E-state index contributed by atoms with van der Waals surface area (Å²) in [5.74, 6) is 0. The van der Waals surface area contributed by atoms with E-state index in [9.17, 15) is 0 Å². The second-order valence-corrected chi connectivity index (χ2v) is 3.29. The van der Waals surface area contributed by atoms with E-state index in [1.54, 1.807) is 6.26 Å². The normalized spacial score (nSPS) is 11.0. The van der Waals surface area contributed by atoms with Crippen molar-refractivity contribution in [2.75, 3.05) is 5.73 Å². The minimum atomic E-state index is 0.683. The number of hydrogen-bond donors (Lipinski definition) is 1. The zero-order chi connectivity index (χ0) is 8.55. The lowest BCUT2D eigenvalue weighted by Gasteiger charge is -1.97. The Morgan fingerprint density at radius 3 is 2.92 bits per heavy atom. The van der Waals surface area contributed by atoms with E-state index in [1.807, 2.05) is 18.2 Å². The summed E-state index contributed by atoms with van der Waals surface area (Å²) in [7, 11) is 0.989. The highest BCUT2D eigenvalue weighted by Gasteiger charge is 2.03. The third kappa shape index (κ3) is 0.926. The molecule has 1 aromatic heterocycles. The number of furan rings is 1. The number of rotatable bonds is 1. The molecule has 0 saturated carbocycles. The molecular weight excluding hydrogens is 169 g/mol. The van der Waals surface area contributed by atoms with E-state index in [2.05, 4.69) is 6.30 Å². The SMILES string of the molecule is C=Pc1ccc(N)c2occc12. The summed E-state index contributed by atoms with van der Waals surface area (Å²) < 4.78 is 5.23. The number of anilines is 1. The Morgan fingerprint density at radius 2 is 2.17 bits per heavy atom. The van der Waals surface area contributed by atoms with Gasteiger partial charge in [-0.1, -0.05) is 14.5 Å². The zero-order valence-corrected chi connectivity index (χ0v) is 7.34. The molecule has 60 valence electrons. The van der Waals surface area contributed by atoms with Gasteiger partial charge in [0, 0.05) is 10.7 Å². The van der Waals surface area contributed by atoms with Crippen LogP contribution in [0.2, 0.25) is 0 Å². The van der Waals surface area contributed by atoms with Crippen LogP contribution < -0.4 is 11.0 Å². The topological polar surface area (TPSA) is 39.2 Å². The Balaban J connectivity index is 2.91. The van der Waals surface area contributed by atoms with Crippen molar-refractivity contribution in [2.45, 2.75) is 0 Å². The van der Waals surface area contributed by atoms with Crippen LogP contribution in [-0.2, 0) is 0 Å². The lowest BCUT2D eigenvalue weighted by Crippen LogP contribution is -1.94. The molecule has 0 aliphatic carbocycles. The van der Waals surface area contributed by atoms with Gasteiger partial charge in [0.1, 0.15) is 0 Å². The quantitative estimate of drug-likeness (QED) is 0.534. The van der Waals surface area contributed by atoms with Gasteiger partial charge in [-0.3, -0.25) is 0 Å². The van der Waals surface area contributed by atoms with Crippen molar-refractivity contribution >= 4 is 36.5 Å². The van der Waals surface area contributed by atoms with Gasteiger partial charge in [0.15, 0.2) is 5.58 Å². The number of benzene rings is 1. The monoisotopic (exact) mass is 177 g/mol. The minimum absolute atomic E-state index is 0.683. The predicted molar refractivity (Wildman–Crippen MR) is 54.3 cm³/mol. The van der Waals surface area contributed by atoms with Gasteiger partial charge in [0.2, 0.25) is 0 Å². The standard InChI is InChI=1S/C9H8NOP/c1-12-8-3-2-7(10)9-6(8)4-5-11-9/h2-5H,1,10H2. The fraction of sp³-hybridized carbons (Fsp3) is 0. The molecule has 1 aromatic carbocycles. The van der Waals surface area contributed by atoms with Crippen molar-refractivity contribution in [3.8, 4) is 0 Å². The molecule has 0 atom stereocenters. The van der Waals surface area contributed by atoms with Crippen LogP contribution >= 0.6 is 8.20 Å². The molecule has 3 heteroatoms. The van der Waals surface area contributed by atoms with E-state index in [-0.39, 0.29) is 0 Å². The highest BCUT2D eigenvalue weighted by atomic mass is 31.1. The first kappa shape index (κ1) is 7.38. The van der Waals surface area contributed by atoms with Gasteiger partial charge in [-0.05, 0) is 18.2 Å². The molecule has 0 radical (unpaired) electrons. The van der Waals surface area contributed by atoms with Crippen molar-refractivity contribution in [2.24, 2.45) is 0 Å². The molecule has 2 N–H and O–H groups in total. The number of fused-ring (bicyclic) bond motifs is 1. The second-order valence-electron chi connectivity index (χ2n) is 2.50. The van der Waals surface area contributed by atoms with Gasteiger partial charge in [-0.15, -0.1) is 0 Å². The van der Waals surface area contributed by atoms with Gasteiger partial charge < -0.3 is 10.2 Å². The lowest BCUT2D eigenvalue weighted by molar-refractivity contribution is 0.617. The molecule has 0 saturated heterocycles. The first-order valence-corrected chi connectivity index (χ1v) is 4.63. The van der Waals surface area contributed by atoms with E-state index >= 15 is 0 Å². The maximum absolute atomic E-state index is 5.71. The highest BCUT2D eigenvalue weighted by Crippen LogP contribution is 2.21. The molecule has 0 bridgehead atoms. The van der Waals surface area contributed by atoms with Crippen molar-refractivity contribution < 1.29 is 4.42 Å². The summed E-state index contributed by atoms with van der Waals surface area (Å²) >= 11 is 0. The van der Waals surface area contributed by atoms with Crippen molar-refractivity contribution in [1.29, 1.82) is 0 Å². The Morgan fingerprint density at radius 1 is 1.33 bits per heavy atom. The summed E-state index contributed by atoms with van der Waals surface area (Å²) in [6.45, 7) is 0. The third-order valence-corrected chi connectivity index (χ3v) is 2.53. The molecule has 12 heavy (non-hydrogen) atoms.